The minimum absolute atomic E-state index is 0.0204. The van der Waals surface area contributed by atoms with E-state index in [2.05, 4.69) is 22.4 Å². The molecule has 0 amide bonds. The Hall–Kier alpha value is -2.77. The van der Waals surface area contributed by atoms with Crippen LogP contribution in [0.1, 0.15) is 37.4 Å². The quantitative estimate of drug-likeness (QED) is 0.524. The molecule has 0 radical (unpaired) electrons. The third-order valence-electron chi connectivity index (χ3n) is 4.13. The molecule has 0 aliphatic rings. The Balaban J connectivity index is 1.70. The number of quaternary nitrogens is 1. The van der Waals surface area contributed by atoms with Crippen molar-refractivity contribution in [2.45, 2.75) is 25.9 Å². The second kappa shape index (κ2) is 7.63. The molecule has 0 spiro atoms. The lowest BCUT2D eigenvalue weighted by Crippen LogP contribution is -2.85. The van der Waals surface area contributed by atoms with Crippen LogP contribution in [0.25, 0.3) is 11.5 Å². The summed E-state index contributed by atoms with van der Waals surface area (Å²) in [7, 11) is 0. The maximum atomic E-state index is 10.7. The van der Waals surface area contributed by atoms with Gasteiger partial charge in [0, 0.05) is 28.3 Å². The zero-order chi connectivity index (χ0) is 18.7. The molecular formula is C18H18ClN4O3+. The number of benzene rings is 2. The first-order chi connectivity index (χ1) is 12.4. The van der Waals surface area contributed by atoms with E-state index in [-0.39, 0.29) is 17.8 Å². The van der Waals surface area contributed by atoms with Crippen LogP contribution in [0.4, 0.5) is 5.69 Å². The topological polar surface area (TPSA) is 98.7 Å². The Morgan fingerprint density at radius 2 is 1.69 bits per heavy atom. The smallest absolute Gasteiger partial charge is 0.274 e. The van der Waals surface area contributed by atoms with Gasteiger partial charge in [0.2, 0.25) is 5.89 Å². The first-order valence-corrected chi connectivity index (χ1v) is 8.50. The maximum Gasteiger partial charge on any atom is 0.274 e. The summed E-state index contributed by atoms with van der Waals surface area (Å²) in [6.45, 7) is 4.08. The Morgan fingerprint density at radius 3 is 2.31 bits per heavy atom. The van der Waals surface area contributed by atoms with Gasteiger partial charge in [0.1, 0.15) is 6.04 Å². The van der Waals surface area contributed by atoms with Crippen molar-refractivity contribution in [1.82, 2.24) is 10.2 Å². The van der Waals surface area contributed by atoms with Crippen LogP contribution in [0, 0.1) is 10.1 Å². The molecule has 2 aromatic carbocycles. The van der Waals surface area contributed by atoms with Crippen molar-refractivity contribution in [3.8, 4) is 11.5 Å². The van der Waals surface area contributed by atoms with Gasteiger partial charge in [-0.1, -0.05) is 23.7 Å². The van der Waals surface area contributed by atoms with Crippen LogP contribution in [0.15, 0.2) is 52.9 Å². The van der Waals surface area contributed by atoms with Crippen LogP contribution in [0.3, 0.4) is 0 Å². The standard InChI is InChI=1S/C18H17ClN4O3/c1-11(13-3-7-15(19)8-4-13)20-12(2)17-21-22-18(26-17)14-5-9-16(10-6-14)23(24)25/h3-12,20H,1-2H3/p+1/t11-,12-/m1/s1. The number of non-ortho nitro benzene ring substituents is 1. The zero-order valence-corrected chi connectivity index (χ0v) is 15.1. The fraction of sp³-hybridized carbons (Fsp3) is 0.222. The van der Waals surface area contributed by atoms with Gasteiger partial charge in [-0.15, -0.1) is 10.2 Å². The summed E-state index contributed by atoms with van der Waals surface area (Å²) >= 11 is 5.93. The van der Waals surface area contributed by atoms with E-state index < -0.39 is 4.92 Å². The van der Waals surface area contributed by atoms with Gasteiger partial charge < -0.3 is 9.73 Å². The van der Waals surface area contributed by atoms with E-state index in [9.17, 15) is 10.1 Å². The van der Waals surface area contributed by atoms with Gasteiger partial charge in [-0.25, -0.2) is 0 Å². The minimum Gasteiger partial charge on any atom is -0.415 e. The molecule has 1 aromatic heterocycles. The Bertz CT molecular complexity index is 894. The molecule has 3 aromatic rings. The van der Waals surface area contributed by atoms with Gasteiger partial charge in [0.05, 0.1) is 4.92 Å². The van der Waals surface area contributed by atoms with Gasteiger partial charge in [-0.3, -0.25) is 10.1 Å². The predicted molar refractivity (Wildman–Crippen MR) is 96.6 cm³/mol. The highest BCUT2D eigenvalue weighted by Crippen LogP contribution is 2.22. The highest BCUT2D eigenvalue weighted by atomic mass is 35.5. The van der Waals surface area contributed by atoms with Crippen molar-refractivity contribution in [2.24, 2.45) is 0 Å². The van der Waals surface area contributed by atoms with Gasteiger partial charge in [0.25, 0.3) is 11.6 Å². The number of nitro benzene ring substituents is 1. The van der Waals surface area contributed by atoms with Crippen LogP contribution in [0.2, 0.25) is 5.02 Å². The summed E-state index contributed by atoms with van der Waals surface area (Å²) in [6.07, 6.45) is 0. The molecule has 7 nitrogen and oxygen atoms in total. The minimum atomic E-state index is -0.446. The molecule has 26 heavy (non-hydrogen) atoms. The van der Waals surface area contributed by atoms with E-state index in [1.165, 1.54) is 12.1 Å². The average molecular weight is 374 g/mol. The molecule has 0 bridgehead atoms. The molecule has 0 saturated heterocycles. The van der Waals surface area contributed by atoms with Crippen LogP contribution >= 0.6 is 11.6 Å². The first kappa shape index (κ1) is 18.0. The molecule has 0 aliphatic heterocycles. The lowest BCUT2D eigenvalue weighted by molar-refractivity contribution is -0.730. The molecule has 2 atom stereocenters. The van der Waals surface area contributed by atoms with Crippen LogP contribution in [-0.4, -0.2) is 15.1 Å². The average Bonchev–Trinajstić information content (AvgIpc) is 3.12. The van der Waals surface area contributed by atoms with E-state index in [1.54, 1.807) is 12.1 Å². The van der Waals surface area contributed by atoms with Crippen LogP contribution in [0.5, 0.6) is 0 Å². The fourth-order valence-corrected chi connectivity index (χ4v) is 2.78. The highest BCUT2D eigenvalue weighted by molar-refractivity contribution is 6.30. The van der Waals surface area contributed by atoms with Crippen molar-refractivity contribution in [1.29, 1.82) is 0 Å². The number of hydrogen-bond acceptors (Lipinski definition) is 5. The molecule has 0 saturated carbocycles. The summed E-state index contributed by atoms with van der Waals surface area (Å²) in [4.78, 5) is 10.3. The highest BCUT2D eigenvalue weighted by Gasteiger charge is 2.21. The molecule has 0 aliphatic carbocycles. The van der Waals surface area contributed by atoms with Crippen molar-refractivity contribution < 1.29 is 14.7 Å². The number of nitrogens with zero attached hydrogens (tertiary/aromatic N) is 3. The molecule has 0 unspecified atom stereocenters. The Labute approximate surface area is 155 Å². The molecule has 0 fully saturated rings. The summed E-state index contributed by atoms with van der Waals surface area (Å²) in [5.41, 5.74) is 1.82. The molecule has 134 valence electrons. The van der Waals surface area contributed by atoms with Crippen molar-refractivity contribution in [2.75, 3.05) is 0 Å². The molecule has 3 rings (SSSR count). The first-order valence-electron chi connectivity index (χ1n) is 8.12. The number of aromatic nitrogens is 2. The largest absolute Gasteiger partial charge is 0.415 e. The molecular weight excluding hydrogens is 356 g/mol. The second-order valence-electron chi connectivity index (χ2n) is 6.07. The summed E-state index contributed by atoms with van der Waals surface area (Å²) in [5, 5.41) is 21.7. The van der Waals surface area contributed by atoms with Gasteiger partial charge in [0.15, 0.2) is 6.04 Å². The van der Waals surface area contributed by atoms with E-state index in [0.29, 0.717) is 22.4 Å². The summed E-state index contributed by atoms with van der Waals surface area (Å²) < 4.78 is 5.74. The molecule has 1 heterocycles. The van der Waals surface area contributed by atoms with E-state index in [4.69, 9.17) is 16.0 Å². The fourth-order valence-electron chi connectivity index (χ4n) is 2.65. The zero-order valence-electron chi connectivity index (χ0n) is 14.3. The monoisotopic (exact) mass is 373 g/mol. The lowest BCUT2D eigenvalue weighted by atomic mass is 10.1. The maximum absolute atomic E-state index is 10.7. The van der Waals surface area contributed by atoms with Crippen LogP contribution < -0.4 is 5.32 Å². The normalized spacial score (nSPS) is 13.3. The lowest BCUT2D eigenvalue weighted by Gasteiger charge is -2.14. The number of nitrogens with two attached hydrogens (primary N) is 1. The van der Waals surface area contributed by atoms with Gasteiger partial charge >= 0.3 is 0 Å². The van der Waals surface area contributed by atoms with Crippen LogP contribution in [-0.2, 0) is 0 Å². The van der Waals surface area contributed by atoms with Crippen molar-refractivity contribution in [3.05, 3.63) is 75.1 Å². The number of nitro groups is 1. The number of rotatable bonds is 6. The summed E-state index contributed by atoms with van der Waals surface area (Å²) in [6, 6.07) is 13.9. The third kappa shape index (κ3) is 4.07. The summed E-state index contributed by atoms with van der Waals surface area (Å²) in [5.74, 6) is 0.841. The van der Waals surface area contributed by atoms with Crippen molar-refractivity contribution >= 4 is 17.3 Å². The van der Waals surface area contributed by atoms with E-state index >= 15 is 0 Å². The van der Waals surface area contributed by atoms with E-state index in [0.717, 1.165) is 5.56 Å². The van der Waals surface area contributed by atoms with Gasteiger partial charge in [-0.05, 0) is 38.1 Å². The third-order valence-corrected chi connectivity index (χ3v) is 4.38. The van der Waals surface area contributed by atoms with E-state index in [1.807, 2.05) is 31.2 Å². The molecule has 8 heteroatoms. The SMILES string of the molecule is C[C@@H]([NH2+][C@H](C)c1nnc(-c2ccc([N+](=O)[O-])cc2)o1)c1ccc(Cl)cc1. The number of halogens is 1. The molecule has 2 N–H and O–H groups in total. The predicted octanol–water partition coefficient (Wildman–Crippen LogP) is 3.68. The van der Waals surface area contributed by atoms with Crippen molar-refractivity contribution in [3.63, 3.8) is 0 Å². The Kier molecular flexibility index (Phi) is 5.29. The second-order valence-corrected chi connectivity index (χ2v) is 6.51. The van der Waals surface area contributed by atoms with Gasteiger partial charge in [-0.2, -0.15) is 0 Å². The Morgan fingerprint density at radius 1 is 1.04 bits per heavy atom. The number of hydrogen-bond donors (Lipinski definition) is 1.